The molecule has 0 radical (unpaired) electrons. The third-order valence-electron chi connectivity index (χ3n) is 4.04. The summed E-state index contributed by atoms with van der Waals surface area (Å²) < 4.78 is 9.91. The first-order chi connectivity index (χ1) is 21.9. The summed E-state index contributed by atoms with van der Waals surface area (Å²) in [6, 6.07) is -0.999. The average Bonchev–Trinajstić information content (AvgIpc) is 3.82. The second-order valence-electron chi connectivity index (χ2n) is 12.0. The minimum absolute atomic E-state index is 0. The number of ether oxygens (including phenoxy) is 2. The zero-order valence-corrected chi connectivity index (χ0v) is 33.3. The number of carbonyl (C=O) groups excluding carboxylic acids is 2. The van der Waals surface area contributed by atoms with Gasteiger partial charge in [0.05, 0.1) is 6.54 Å². The number of nitrogens with one attached hydrogen (secondary N) is 2. The first-order valence-electron chi connectivity index (χ1n) is 15.7. The van der Waals surface area contributed by atoms with E-state index in [4.69, 9.17) is 25.2 Å². The van der Waals surface area contributed by atoms with Crippen LogP contribution in [0, 0.1) is 0 Å². The Morgan fingerprint density at radius 2 is 1.22 bits per heavy atom. The van der Waals surface area contributed by atoms with Gasteiger partial charge in [-0.2, -0.15) is 0 Å². The molecule has 3 rings (SSSR count). The van der Waals surface area contributed by atoms with Crippen molar-refractivity contribution in [3.63, 3.8) is 0 Å². The van der Waals surface area contributed by atoms with Crippen molar-refractivity contribution in [3.05, 3.63) is 10.4 Å². The molecule has 0 unspecified atom stereocenters. The van der Waals surface area contributed by atoms with Crippen molar-refractivity contribution in [2.45, 2.75) is 150 Å². The maximum absolute atomic E-state index is 11.4. The van der Waals surface area contributed by atoms with E-state index in [-0.39, 0.29) is 38.2 Å². The smallest absolute Gasteiger partial charge is 0.408 e. The summed E-state index contributed by atoms with van der Waals surface area (Å²) in [4.78, 5) is 45.0. The summed E-state index contributed by atoms with van der Waals surface area (Å²) in [5.41, 5.74) is 11.6. The van der Waals surface area contributed by atoms with Crippen LogP contribution < -0.4 is 22.5 Å². The van der Waals surface area contributed by atoms with Crippen LogP contribution in [0.1, 0.15) is 133 Å². The SMILES string of the molecule is C.C1CC1.C1CC1.C1CC1.CC(C)(C)OC(=O)N[C@@H](CCCCN=[N+]=[N-])C(=O)O.CCNC(=O)OC(C)(C)C.N.NCC(=O)O.S=PP=S. The van der Waals surface area contributed by atoms with E-state index >= 15 is 0 Å². The minimum Gasteiger partial charge on any atom is -0.480 e. The third kappa shape index (κ3) is 86.9. The lowest BCUT2D eigenvalue weighted by Gasteiger charge is -2.21. The fourth-order valence-corrected chi connectivity index (χ4v) is 1.74. The third-order valence-corrected chi connectivity index (χ3v) is 6.71. The molecular weight excluding hydrogens is 712 g/mol. The summed E-state index contributed by atoms with van der Waals surface area (Å²) in [5, 5.41) is 24.8. The highest BCUT2D eigenvalue weighted by atomic mass is 32.7. The van der Waals surface area contributed by atoms with Crippen molar-refractivity contribution in [3.8, 4) is 0 Å². The Balaban J connectivity index is -0.000000127. The number of hydrogen-bond donors (Lipinski definition) is 6. The van der Waals surface area contributed by atoms with Gasteiger partial charge in [0, 0.05) is 32.1 Å². The van der Waals surface area contributed by atoms with Gasteiger partial charge in [-0.25, -0.2) is 14.4 Å². The van der Waals surface area contributed by atoms with Gasteiger partial charge in [0.25, 0.3) is 0 Å². The molecule has 2 amide bonds. The van der Waals surface area contributed by atoms with Gasteiger partial charge in [-0.1, -0.05) is 76.7 Å². The van der Waals surface area contributed by atoms with E-state index in [2.05, 4.69) is 50.0 Å². The number of rotatable bonds is 10. The second-order valence-corrected chi connectivity index (χ2v) is 16.2. The van der Waals surface area contributed by atoms with Gasteiger partial charge in [-0.15, -0.1) is 0 Å². The number of carboxylic acids is 2. The number of aliphatic carboxylic acids is 2. The van der Waals surface area contributed by atoms with Crippen molar-refractivity contribution in [1.29, 1.82) is 0 Å². The van der Waals surface area contributed by atoms with Crippen LogP contribution in [0.5, 0.6) is 0 Å². The van der Waals surface area contributed by atoms with Crippen molar-refractivity contribution in [2.75, 3.05) is 19.6 Å². The number of nitrogens with two attached hydrogens (primary N) is 1. The minimum atomic E-state index is -1.12. The van der Waals surface area contributed by atoms with Gasteiger partial charge >= 0.3 is 24.1 Å². The average molecular weight is 778 g/mol. The Hall–Kier alpha value is -2.25. The molecule has 0 saturated heterocycles. The molecule has 0 bridgehead atoms. The molecule has 19 heteroatoms. The zero-order chi connectivity index (χ0) is 37.2. The molecule has 49 heavy (non-hydrogen) atoms. The number of carbonyl (C=O) groups is 4. The number of unbranched alkanes of at least 4 members (excludes halogenated alkanes) is 1. The number of alkyl carbamates (subject to hydrolysis) is 2. The number of amides is 2. The highest BCUT2D eigenvalue weighted by molar-refractivity contribution is 8.40. The zero-order valence-electron chi connectivity index (χ0n) is 29.9. The van der Waals surface area contributed by atoms with Crippen LogP contribution in [0.4, 0.5) is 9.59 Å². The number of hydrogen-bond acceptors (Lipinski definition) is 11. The quantitative estimate of drug-likeness (QED) is 0.0399. The molecule has 0 spiro atoms. The van der Waals surface area contributed by atoms with Crippen molar-refractivity contribution in [2.24, 2.45) is 10.8 Å². The molecule has 3 fully saturated rings. The Morgan fingerprint density at radius 3 is 1.47 bits per heavy atom. The Morgan fingerprint density at radius 1 is 0.857 bits per heavy atom. The molecule has 1 atom stereocenters. The first-order valence-corrected chi connectivity index (χ1v) is 20.2. The highest BCUT2D eigenvalue weighted by Gasteiger charge is 2.23. The maximum atomic E-state index is 11.4. The molecule has 0 aromatic carbocycles. The lowest BCUT2D eigenvalue weighted by atomic mass is 10.1. The van der Waals surface area contributed by atoms with Crippen LogP contribution in [0.2, 0.25) is 0 Å². The molecule has 3 aliphatic carbocycles. The molecular formula is C30H65N7O8P2S2. The fourth-order valence-electron chi connectivity index (χ4n) is 1.74. The highest BCUT2D eigenvalue weighted by Crippen LogP contribution is 2.15. The van der Waals surface area contributed by atoms with Gasteiger partial charge in [0.15, 0.2) is 0 Å². The maximum Gasteiger partial charge on any atom is 0.408 e. The number of carboxylic acid groups (broad SMARTS) is 2. The predicted octanol–water partition coefficient (Wildman–Crippen LogP) is 9.03. The van der Waals surface area contributed by atoms with Gasteiger partial charge in [0.1, 0.15) is 17.2 Å². The molecule has 0 aromatic heterocycles. The molecule has 9 N–H and O–H groups in total. The van der Waals surface area contributed by atoms with E-state index in [1.807, 2.05) is 27.7 Å². The van der Waals surface area contributed by atoms with E-state index in [0.717, 1.165) is 14.1 Å². The Labute approximate surface area is 307 Å². The van der Waals surface area contributed by atoms with Crippen LogP contribution in [-0.2, 0) is 42.7 Å². The Bertz CT molecular complexity index is 885. The summed E-state index contributed by atoms with van der Waals surface area (Å²) in [7, 11) is 1.74. The lowest BCUT2D eigenvalue weighted by Crippen LogP contribution is -2.43. The van der Waals surface area contributed by atoms with Crippen LogP contribution in [0.25, 0.3) is 10.4 Å². The van der Waals surface area contributed by atoms with Crippen molar-refractivity contribution < 1.29 is 38.9 Å². The number of nitrogens with zero attached hydrogens (tertiary/aromatic N) is 3. The first kappa shape index (κ1) is 58.9. The van der Waals surface area contributed by atoms with Gasteiger partial charge in [0.2, 0.25) is 0 Å². The van der Waals surface area contributed by atoms with Gasteiger partial charge in [-0.05, 0) is 90.5 Å². The monoisotopic (exact) mass is 777 g/mol. The van der Waals surface area contributed by atoms with E-state index in [0.29, 0.717) is 25.9 Å². The molecule has 3 saturated carbocycles. The lowest BCUT2D eigenvalue weighted by molar-refractivity contribution is -0.139. The van der Waals surface area contributed by atoms with E-state index in [9.17, 15) is 19.2 Å². The normalized spacial score (nSPS) is 12.8. The van der Waals surface area contributed by atoms with Crippen LogP contribution in [-0.4, -0.2) is 71.2 Å². The molecule has 15 nitrogen and oxygen atoms in total. The fraction of sp³-hybridized carbons (Fsp3) is 0.867. The second kappa shape index (κ2) is 40.2. The summed E-state index contributed by atoms with van der Waals surface area (Å²) >= 11 is 8.82. The molecule has 0 aromatic rings. The molecule has 3 aliphatic rings. The number of azide groups is 1. The Kier molecular flexibility index (Phi) is 48.3. The van der Waals surface area contributed by atoms with E-state index in [1.165, 1.54) is 57.8 Å². The summed E-state index contributed by atoms with van der Waals surface area (Å²) in [5.74, 6) is -2.08. The molecule has 0 heterocycles. The van der Waals surface area contributed by atoms with Crippen LogP contribution in [0.3, 0.4) is 0 Å². The topological polar surface area (TPSA) is 261 Å². The largest absolute Gasteiger partial charge is 0.480 e. The summed E-state index contributed by atoms with van der Waals surface area (Å²) in [6.45, 7) is 13.1. The van der Waals surface area contributed by atoms with Crippen molar-refractivity contribution >= 4 is 61.8 Å². The standard InChI is InChI=1S/C11H20N4O4.C7H15NO2.3C3H6.C2H5NO2.CH4.H3N.P2S2/c1-11(2,3)19-10(18)14-8(9(16)17)6-4-5-7-13-15-12;1-5-8-6(9)10-7(2,3)4;3*1-2-3-1;3-1-2(4)5;;;3-1-2-4/h8H,4-7H2,1-3H3,(H,14,18)(H,16,17);5H2,1-4H3,(H,8,9);3*1-3H2;1,3H2,(H,4,5);1H4;1H3;/t8-;;;;;;;;/m0......../s1. The van der Waals surface area contributed by atoms with E-state index < -0.39 is 29.7 Å². The summed E-state index contributed by atoms with van der Waals surface area (Å²) in [6.07, 6.45) is 13.8. The van der Waals surface area contributed by atoms with Crippen LogP contribution >= 0.6 is 14.1 Å². The molecule has 290 valence electrons. The van der Waals surface area contributed by atoms with Crippen molar-refractivity contribution in [1.82, 2.24) is 16.8 Å². The molecule has 0 aliphatic heterocycles. The van der Waals surface area contributed by atoms with Gasteiger partial charge < -0.3 is 42.2 Å². The predicted molar refractivity (Wildman–Crippen MR) is 207 cm³/mol. The van der Waals surface area contributed by atoms with E-state index in [1.54, 1.807) is 20.8 Å². The van der Waals surface area contributed by atoms with Gasteiger partial charge in [-0.3, -0.25) is 4.79 Å². The van der Waals surface area contributed by atoms with Crippen LogP contribution in [0.15, 0.2) is 5.11 Å².